The highest BCUT2D eigenvalue weighted by Gasteiger charge is 2.63. The van der Waals surface area contributed by atoms with E-state index in [1.807, 2.05) is 0 Å². The zero-order valence-electron chi connectivity index (χ0n) is 8.54. The van der Waals surface area contributed by atoms with Crippen molar-refractivity contribution in [1.29, 1.82) is 0 Å². The topological polar surface area (TPSA) is 49.4 Å². The molecule has 0 atom stereocenters. The highest BCUT2D eigenvalue weighted by molar-refractivity contribution is 5.55. The van der Waals surface area contributed by atoms with Gasteiger partial charge in [0.05, 0.1) is 12.8 Å². The van der Waals surface area contributed by atoms with E-state index in [2.05, 4.69) is 4.74 Å². The van der Waals surface area contributed by atoms with Gasteiger partial charge in [-0.05, 0) is 0 Å². The van der Waals surface area contributed by atoms with Gasteiger partial charge in [0.25, 0.3) is 6.16 Å². The quantitative estimate of drug-likeness (QED) is 0.595. The number of hydrogen-bond donors (Lipinski definition) is 0. The number of carboxylic acid groups (broad SMARTS) is 1. The standard InChI is InChI=1S/C7H5F9O3/c8-5(9,10)1-4(7(14,15)16,19-3(17)18)2-6(11,12)13/h1-2H2,(H,17,18)/p-1. The number of halogens is 9. The van der Waals surface area contributed by atoms with E-state index in [-0.39, 0.29) is 0 Å². The van der Waals surface area contributed by atoms with E-state index >= 15 is 0 Å². The van der Waals surface area contributed by atoms with Crippen LogP contribution in [-0.4, -0.2) is 30.3 Å². The Morgan fingerprint density at radius 3 is 1.32 bits per heavy atom. The molecule has 0 spiro atoms. The summed E-state index contributed by atoms with van der Waals surface area (Å²) in [5, 5.41) is 9.87. The highest BCUT2D eigenvalue weighted by atomic mass is 19.4. The molecular formula is C7H4F9O3-. The van der Waals surface area contributed by atoms with Gasteiger partial charge in [-0.15, -0.1) is 0 Å². The van der Waals surface area contributed by atoms with Crippen molar-refractivity contribution in [1.82, 2.24) is 0 Å². The molecule has 0 bridgehead atoms. The molecule has 0 saturated heterocycles. The Morgan fingerprint density at radius 1 is 0.842 bits per heavy atom. The predicted octanol–water partition coefficient (Wildman–Crippen LogP) is 2.55. The van der Waals surface area contributed by atoms with Gasteiger partial charge in [0, 0.05) is 0 Å². The molecule has 0 aromatic rings. The maximum atomic E-state index is 12.4. The van der Waals surface area contributed by atoms with Crippen LogP contribution in [0.3, 0.4) is 0 Å². The van der Waals surface area contributed by atoms with Crippen LogP contribution < -0.4 is 5.11 Å². The van der Waals surface area contributed by atoms with E-state index in [1.165, 1.54) is 0 Å². The SMILES string of the molecule is O=C([O-])OC(CC(F)(F)F)(CC(F)(F)F)C(F)(F)F. The Labute approximate surface area is 98.5 Å². The Morgan fingerprint density at radius 2 is 1.16 bits per heavy atom. The molecule has 0 aliphatic rings. The summed E-state index contributed by atoms with van der Waals surface area (Å²) >= 11 is 0. The zero-order valence-corrected chi connectivity index (χ0v) is 8.54. The fraction of sp³-hybridized carbons (Fsp3) is 0.857. The second-order valence-corrected chi connectivity index (χ2v) is 3.43. The summed E-state index contributed by atoms with van der Waals surface area (Å²) < 4.78 is 112. The molecule has 0 amide bonds. The number of ether oxygens (including phenoxy) is 1. The Balaban J connectivity index is 5.66. The second kappa shape index (κ2) is 4.96. The molecule has 3 nitrogen and oxygen atoms in total. The van der Waals surface area contributed by atoms with Crippen molar-refractivity contribution in [3.05, 3.63) is 0 Å². The van der Waals surface area contributed by atoms with Gasteiger partial charge in [-0.3, -0.25) is 0 Å². The number of hydrogen-bond acceptors (Lipinski definition) is 3. The molecule has 0 aromatic carbocycles. The van der Waals surface area contributed by atoms with Crippen LogP contribution in [0.25, 0.3) is 0 Å². The molecule has 0 N–H and O–H groups in total. The molecular weight excluding hydrogens is 303 g/mol. The molecule has 0 aromatic heterocycles. The largest absolute Gasteiger partial charge is 0.533 e. The lowest BCUT2D eigenvalue weighted by Gasteiger charge is -2.39. The number of carbonyl (C=O) groups excluding carboxylic acids is 1. The number of rotatable bonds is 3. The van der Waals surface area contributed by atoms with Crippen LogP contribution in [0.1, 0.15) is 12.8 Å². The summed E-state index contributed by atoms with van der Waals surface area (Å²) in [5.41, 5.74) is -4.98. The molecule has 0 unspecified atom stereocenters. The first-order chi connectivity index (χ1) is 8.08. The minimum atomic E-state index is -6.22. The van der Waals surface area contributed by atoms with Crippen LogP contribution >= 0.6 is 0 Å². The van der Waals surface area contributed by atoms with Crippen molar-refractivity contribution in [3.63, 3.8) is 0 Å². The Hall–Kier alpha value is -1.36. The van der Waals surface area contributed by atoms with Gasteiger partial charge in [0.2, 0.25) is 0 Å². The normalized spacial score (nSPS) is 14.4. The summed E-state index contributed by atoms with van der Waals surface area (Å²) in [4.78, 5) is 9.87. The van der Waals surface area contributed by atoms with Crippen molar-refractivity contribution >= 4 is 6.16 Å². The van der Waals surface area contributed by atoms with Gasteiger partial charge >= 0.3 is 18.5 Å². The van der Waals surface area contributed by atoms with Crippen molar-refractivity contribution in [2.24, 2.45) is 0 Å². The highest BCUT2D eigenvalue weighted by Crippen LogP contribution is 2.47. The monoisotopic (exact) mass is 307 g/mol. The van der Waals surface area contributed by atoms with Crippen LogP contribution in [0.4, 0.5) is 44.3 Å². The Kier molecular flexibility index (Phi) is 4.61. The second-order valence-electron chi connectivity index (χ2n) is 3.43. The van der Waals surface area contributed by atoms with Gasteiger partial charge in [0.15, 0.2) is 5.60 Å². The van der Waals surface area contributed by atoms with Crippen molar-refractivity contribution in [2.45, 2.75) is 37.0 Å². The van der Waals surface area contributed by atoms with Gasteiger partial charge in [-0.25, -0.2) is 0 Å². The van der Waals surface area contributed by atoms with E-state index in [0.717, 1.165) is 0 Å². The lowest BCUT2D eigenvalue weighted by Crippen LogP contribution is -2.55. The fourth-order valence-corrected chi connectivity index (χ4v) is 1.20. The predicted molar refractivity (Wildman–Crippen MR) is 36.6 cm³/mol. The summed E-state index contributed by atoms with van der Waals surface area (Å²) in [6, 6.07) is 0. The van der Waals surface area contributed by atoms with Crippen LogP contribution in [0.5, 0.6) is 0 Å². The summed E-state index contributed by atoms with van der Waals surface area (Å²) in [6.07, 6.45) is -27.2. The number of carbonyl (C=O) groups is 1. The van der Waals surface area contributed by atoms with Gasteiger partial charge < -0.3 is 14.6 Å². The Bertz CT molecular complexity index is 310. The minimum absolute atomic E-state index is 2.80. The molecule has 0 fully saturated rings. The summed E-state index contributed by atoms with van der Waals surface area (Å²) in [6.45, 7) is 0. The first kappa shape index (κ1) is 17.6. The lowest BCUT2D eigenvalue weighted by atomic mass is 9.93. The molecule has 0 rings (SSSR count). The van der Waals surface area contributed by atoms with E-state index < -0.39 is 43.1 Å². The van der Waals surface area contributed by atoms with Crippen molar-refractivity contribution in [2.75, 3.05) is 0 Å². The maximum absolute atomic E-state index is 12.4. The van der Waals surface area contributed by atoms with Crippen LogP contribution in [-0.2, 0) is 4.74 Å². The number of alkyl halides is 9. The molecule has 0 aliphatic carbocycles. The fourth-order valence-electron chi connectivity index (χ4n) is 1.20. The zero-order chi connectivity index (χ0) is 15.7. The molecule has 0 radical (unpaired) electrons. The summed E-state index contributed by atoms with van der Waals surface area (Å²) in [7, 11) is 0. The van der Waals surface area contributed by atoms with Crippen molar-refractivity contribution < 1.29 is 54.2 Å². The molecule has 0 saturated carbocycles. The van der Waals surface area contributed by atoms with Gasteiger partial charge in [-0.1, -0.05) is 0 Å². The lowest BCUT2D eigenvalue weighted by molar-refractivity contribution is -0.358. The van der Waals surface area contributed by atoms with E-state index in [1.54, 1.807) is 0 Å². The van der Waals surface area contributed by atoms with Crippen LogP contribution in [0, 0.1) is 0 Å². The molecule has 12 heteroatoms. The molecule has 0 heterocycles. The smallest absolute Gasteiger partial charge is 0.412 e. The third-order valence-electron chi connectivity index (χ3n) is 1.77. The van der Waals surface area contributed by atoms with Gasteiger partial charge in [-0.2, -0.15) is 39.5 Å². The van der Waals surface area contributed by atoms with E-state index in [0.29, 0.717) is 0 Å². The van der Waals surface area contributed by atoms with Crippen molar-refractivity contribution in [3.8, 4) is 0 Å². The van der Waals surface area contributed by atoms with Crippen LogP contribution in [0.2, 0.25) is 0 Å². The van der Waals surface area contributed by atoms with E-state index in [4.69, 9.17) is 0 Å². The molecule has 114 valence electrons. The average molecular weight is 307 g/mol. The van der Waals surface area contributed by atoms with Gasteiger partial charge in [0.1, 0.15) is 0 Å². The first-order valence-electron chi connectivity index (χ1n) is 4.18. The summed E-state index contributed by atoms with van der Waals surface area (Å²) in [5.74, 6) is 0. The minimum Gasteiger partial charge on any atom is -0.533 e. The molecule has 0 aliphatic heterocycles. The van der Waals surface area contributed by atoms with E-state index in [9.17, 15) is 49.4 Å². The average Bonchev–Trinajstić information content (AvgIpc) is 1.91. The first-order valence-corrected chi connectivity index (χ1v) is 4.18. The maximum Gasteiger partial charge on any atom is 0.412 e. The van der Waals surface area contributed by atoms with Crippen LogP contribution in [0.15, 0.2) is 0 Å². The molecule has 19 heavy (non-hydrogen) atoms. The third-order valence-corrected chi connectivity index (χ3v) is 1.77. The third kappa shape index (κ3) is 5.87.